The van der Waals surface area contributed by atoms with Crippen LogP contribution < -0.4 is 5.56 Å². The normalized spacial score (nSPS) is 12.8. The van der Waals surface area contributed by atoms with Crippen molar-refractivity contribution in [3.05, 3.63) is 50.9 Å². The molecule has 1 aromatic carbocycles. The van der Waals surface area contributed by atoms with Crippen molar-refractivity contribution >= 4 is 21.6 Å². The lowest BCUT2D eigenvalue weighted by Gasteiger charge is -2.23. The minimum Gasteiger partial charge on any atom is -0.392 e. The third-order valence-corrected chi connectivity index (χ3v) is 5.76. The molecule has 2 heterocycles. The maximum atomic E-state index is 12.9. The molecular weight excluding hydrogens is 386 g/mol. The molecule has 29 heavy (non-hydrogen) atoms. The van der Waals surface area contributed by atoms with Crippen LogP contribution in [-0.4, -0.2) is 52.9 Å². The standard InChI is InChI=1S/C22H29N3O3S/c1-14-6-7-17(15(2)10-14)18-13-29-22-20(18)21(27)23-19(24-22)12-25(11-16(3)26)8-5-9-28-4/h6-7,10,13,16,26H,5,8-9,11-12H2,1-4H3,(H,23,24,27). The van der Waals surface area contributed by atoms with E-state index in [1.54, 1.807) is 14.0 Å². The largest absolute Gasteiger partial charge is 0.392 e. The first-order valence-corrected chi connectivity index (χ1v) is 10.7. The van der Waals surface area contributed by atoms with E-state index >= 15 is 0 Å². The Hall–Kier alpha value is -2.06. The number of hydrogen-bond donors (Lipinski definition) is 2. The molecule has 0 radical (unpaired) electrons. The monoisotopic (exact) mass is 415 g/mol. The van der Waals surface area contributed by atoms with Gasteiger partial charge in [0.2, 0.25) is 0 Å². The molecule has 3 aromatic rings. The molecule has 0 aliphatic carbocycles. The van der Waals surface area contributed by atoms with Gasteiger partial charge in [-0.3, -0.25) is 9.69 Å². The Morgan fingerprint density at radius 2 is 2.10 bits per heavy atom. The number of aromatic nitrogens is 2. The molecule has 6 nitrogen and oxygen atoms in total. The molecule has 0 amide bonds. The van der Waals surface area contributed by atoms with Crippen LogP contribution in [0.15, 0.2) is 28.4 Å². The number of nitrogens with zero attached hydrogens (tertiary/aromatic N) is 2. The summed E-state index contributed by atoms with van der Waals surface area (Å²) in [5.41, 5.74) is 4.23. The average Bonchev–Trinajstić information content (AvgIpc) is 3.05. The lowest BCUT2D eigenvalue weighted by molar-refractivity contribution is 0.109. The molecule has 0 bridgehead atoms. The number of thiophene rings is 1. The SMILES string of the molecule is COCCCN(Cc1nc2scc(-c3ccc(C)cc3C)c2c(=O)[nH]1)CC(C)O. The molecule has 0 aliphatic rings. The first-order chi connectivity index (χ1) is 13.9. The van der Waals surface area contributed by atoms with Crippen molar-refractivity contribution in [3.8, 4) is 11.1 Å². The number of aromatic amines is 1. The number of nitrogens with one attached hydrogen (secondary N) is 1. The number of aliphatic hydroxyl groups is 1. The fourth-order valence-corrected chi connectivity index (χ4v) is 4.59. The van der Waals surface area contributed by atoms with Gasteiger partial charge in [0, 0.05) is 37.7 Å². The summed E-state index contributed by atoms with van der Waals surface area (Å²) in [4.78, 5) is 23.4. The Kier molecular flexibility index (Phi) is 7.18. The minimum absolute atomic E-state index is 0.116. The van der Waals surface area contributed by atoms with Gasteiger partial charge in [0.05, 0.1) is 18.0 Å². The van der Waals surface area contributed by atoms with Crippen LogP contribution in [0.2, 0.25) is 0 Å². The molecule has 0 spiro atoms. The summed E-state index contributed by atoms with van der Waals surface area (Å²) < 4.78 is 5.13. The number of benzene rings is 1. The van der Waals surface area contributed by atoms with Crippen molar-refractivity contribution in [1.82, 2.24) is 14.9 Å². The molecule has 1 unspecified atom stereocenters. The summed E-state index contributed by atoms with van der Waals surface area (Å²) in [6.07, 6.45) is 0.400. The molecule has 0 aliphatic heterocycles. The number of aryl methyl sites for hydroxylation is 2. The fourth-order valence-electron chi connectivity index (χ4n) is 3.64. The number of methoxy groups -OCH3 is 1. The zero-order valence-corrected chi connectivity index (χ0v) is 18.3. The van der Waals surface area contributed by atoms with Crippen LogP contribution in [0.5, 0.6) is 0 Å². The van der Waals surface area contributed by atoms with Crippen LogP contribution >= 0.6 is 11.3 Å². The Morgan fingerprint density at radius 1 is 1.31 bits per heavy atom. The Morgan fingerprint density at radius 3 is 2.79 bits per heavy atom. The second-order valence-corrected chi connectivity index (χ2v) is 8.45. The molecular formula is C22H29N3O3S. The topological polar surface area (TPSA) is 78.5 Å². The van der Waals surface area contributed by atoms with Gasteiger partial charge in [-0.25, -0.2) is 4.98 Å². The first kappa shape index (κ1) is 21.6. The van der Waals surface area contributed by atoms with Gasteiger partial charge in [-0.1, -0.05) is 23.8 Å². The van der Waals surface area contributed by atoms with Crippen LogP contribution in [-0.2, 0) is 11.3 Å². The van der Waals surface area contributed by atoms with Crippen molar-refractivity contribution in [2.24, 2.45) is 0 Å². The number of rotatable bonds is 9. The van der Waals surface area contributed by atoms with Crippen molar-refractivity contribution in [3.63, 3.8) is 0 Å². The molecule has 156 valence electrons. The van der Waals surface area contributed by atoms with E-state index in [0.717, 1.165) is 34.5 Å². The molecule has 7 heteroatoms. The second-order valence-electron chi connectivity index (χ2n) is 7.59. The highest BCUT2D eigenvalue weighted by Gasteiger charge is 2.16. The molecule has 0 saturated carbocycles. The van der Waals surface area contributed by atoms with E-state index in [0.29, 0.717) is 30.9 Å². The van der Waals surface area contributed by atoms with Crippen LogP contribution in [0.25, 0.3) is 21.3 Å². The van der Waals surface area contributed by atoms with Crippen molar-refractivity contribution in [1.29, 1.82) is 0 Å². The summed E-state index contributed by atoms with van der Waals surface area (Å²) in [5, 5.41) is 12.5. The fraction of sp³-hybridized carbons (Fsp3) is 0.455. The maximum absolute atomic E-state index is 12.9. The number of H-pyrrole nitrogens is 1. The summed E-state index contributed by atoms with van der Waals surface area (Å²) in [7, 11) is 1.68. The van der Waals surface area contributed by atoms with Crippen LogP contribution in [0, 0.1) is 13.8 Å². The summed E-state index contributed by atoms with van der Waals surface area (Å²) >= 11 is 1.49. The number of fused-ring (bicyclic) bond motifs is 1. The molecule has 0 saturated heterocycles. The molecule has 0 fully saturated rings. The Balaban J connectivity index is 1.91. The van der Waals surface area contributed by atoms with Gasteiger partial charge in [-0.05, 0) is 38.3 Å². The number of aliphatic hydroxyl groups excluding tert-OH is 1. The van der Waals surface area contributed by atoms with Gasteiger partial charge in [-0.2, -0.15) is 0 Å². The van der Waals surface area contributed by atoms with E-state index in [1.807, 2.05) is 5.38 Å². The van der Waals surface area contributed by atoms with Crippen LogP contribution in [0.3, 0.4) is 0 Å². The lowest BCUT2D eigenvalue weighted by atomic mass is 9.99. The van der Waals surface area contributed by atoms with Crippen molar-refractivity contribution < 1.29 is 9.84 Å². The predicted octanol–water partition coefficient (Wildman–Crippen LogP) is 3.49. The van der Waals surface area contributed by atoms with Gasteiger partial charge < -0.3 is 14.8 Å². The van der Waals surface area contributed by atoms with Crippen LogP contribution in [0.1, 0.15) is 30.3 Å². The molecule has 2 aromatic heterocycles. The Labute approximate surface area is 175 Å². The molecule has 2 N–H and O–H groups in total. The first-order valence-electron chi connectivity index (χ1n) is 9.86. The highest BCUT2D eigenvalue weighted by atomic mass is 32.1. The van der Waals surface area contributed by atoms with E-state index in [-0.39, 0.29) is 5.56 Å². The van der Waals surface area contributed by atoms with E-state index < -0.39 is 6.10 Å². The second kappa shape index (κ2) is 9.63. The van der Waals surface area contributed by atoms with Gasteiger partial charge in [0.25, 0.3) is 5.56 Å². The van der Waals surface area contributed by atoms with Gasteiger partial charge in [0.15, 0.2) is 0 Å². The number of hydrogen-bond acceptors (Lipinski definition) is 6. The highest BCUT2D eigenvalue weighted by molar-refractivity contribution is 7.17. The van der Waals surface area contributed by atoms with Crippen molar-refractivity contribution in [2.45, 2.75) is 39.8 Å². The molecule has 3 rings (SSSR count). The zero-order valence-electron chi connectivity index (χ0n) is 17.5. The maximum Gasteiger partial charge on any atom is 0.260 e. The van der Waals surface area contributed by atoms with E-state index in [4.69, 9.17) is 9.72 Å². The van der Waals surface area contributed by atoms with Gasteiger partial charge in [-0.15, -0.1) is 11.3 Å². The lowest BCUT2D eigenvalue weighted by Crippen LogP contribution is -2.33. The summed E-state index contributed by atoms with van der Waals surface area (Å²) in [6, 6.07) is 6.26. The van der Waals surface area contributed by atoms with E-state index in [1.165, 1.54) is 16.9 Å². The summed E-state index contributed by atoms with van der Waals surface area (Å²) in [6.45, 7) is 8.31. The smallest absolute Gasteiger partial charge is 0.260 e. The van der Waals surface area contributed by atoms with Gasteiger partial charge in [0.1, 0.15) is 10.7 Å². The van der Waals surface area contributed by atoms with E-state index in [2.05, 4.69) is 41.9 Å². The van der Waals surface area contributed by atoms with Gasteiger partial charge >= 0.3 is 0 Å². The quantitative estimate of drug-likeness (QED) is 0.523. The van der Waals surface area contributed by atoms with Crippen LogP contribution in [0.4, 0.5) is 0 Å². The third-order valence-electron chi connectivity index (χ3n) is 4.88. The predicted molar refractivity (Wildman–Crippen MR) is 119 cm³/mol. The van der Waals surface area contributed by atoms with E-state index in [9.17, 15) is 9.90 Å². The Bertz CT molecular complexity index is 1030. The minimum atomic E-state index is -0.453. The average molecular weight is 416 g/mol. The molecule has 1 atom stereocenters. The third kappa shape index (κ3) is 5.30. The van der Waals surface area contributed by atoms with Crippen molar-refractivity contribution in [2.75, 3.05) is 26.8 Å². The highest BCUT2D eigenvalue weighted by Crippen LogP contribution is 2.33. The zero-order chi connectivity index (χ0) is 21.0. The number of ether oxygens (including phenoxy) is 1. The summed E-state index contributed by atoms with van der Waals surface area (Å²) in [5.74, 6) is 0.620.